The Morgan fingerprint density at radius 3 is 2.33 bits per heavy atom. The standard InChI is InChI=1S/C8H15BrN2O3S/c9-6-15(13,14)11(5-8(10)12)7-3-1-2-4-7/h7H,1-6H2,(H2,10,12). The molecule has 1 aliphatic rings. The van der Waals surface area contributed by atoms with Gasteiger partial charge in [-0.05, 0) is 12.8 Å². The van der Waals surface area contributed by atoms with Crippen LogP contribution in [0.1, 0.15) is 25.7 Å². The van der Waals surface area contributed by atoms with Gasteiger partial charge in [-0.2, -0.15) is 4.31 Å². The van der Waals surface area contributed by atoms with Gasteiger partial charge in [-0.3, -0.25) is 4.79 Å². The van der Waals surface area contributed by atoms with Crippen LogP contribution in [0.25, 0.3) is 0 Å². The van der Waals surface area contributed by atoms with Crippen LogP contribution in [0.15, 0.2) is 0 Å². The van der Waals surface area contributed by atoms with Crippen molar-refractivity contribution in [2.75, 3.05) is 11.2 Å². The summed E-state index contributed by atoms with van der Waals surface area (Å²) in [4.78, 5) is 10.8. The van der Waals surface area contributed by atoms with E-state index in [-0.39, 0.29) is 17.2 Å². The summed E-state index contributed by atoms with van der Waals surface area (Å²) >= 11 is 2.93. The molecule has 2 N–H and O–H groups in total. The maximum atomic E-state index is 11.7. The Bertz CT molecular complexity index is 325. The lowest BCUT2D eigenvalue weighted by molar-refractivity contribution is -0.118. The summed E-state index contributed by atoms with van der Waals surface area (Å²) in [5.74, 6) is -0.605. The van der Waals surface area contributed by atoms with Crippen LogP contribution in [-0.4, -0.2) is 35.9 Å². The molecular formula is C8H15BrN2O3S. The number of primary amides is 1. The van der Waals surface area contributed by atoms with Crippen LogP contribution in [0, 0.1) is 0 Å². The smallest absolute Gasteiger partial charge is 0.232 e. The van der Waals surface area contributed by atoms with Crippen molar-refractivity contribution in [2.45, 2.75) is 31.7 Å². The molecule has 0 aromatic heterocycles. The molecule has 0 aliphatic heterocycles. The fraction of sp³-hybridized carbons (Fsp3) is 0.875. The topological polar surface area (TPSA) is 80.5 Å². The second kappa shape index (κ2) is 5.27. The van der Waals surface area contributed by atoms with Gasteiger partial charge in [0.1, 0.15) is 4.66 Å². The van der Waals surface area contributed by atoms with Gasteiger partial charge in [-0.1, -0.05) is 28.8 Å². The van der Waals surface area contributed by atoms with Gasteiger partial charge >= 0.3 is 0 Å². The number of hydrogen-bond donors (Lipinski definition) is 1. The number of carbonyl (C=O) groups excluding carboxylic acids is 1. The van der Waals surface area contributed by atoms with Crippen molar-refractivity contribution < 1.29 is 13.2 Å². The van der Waals surface area contributed by atoms with Crippen molar-refractivity contribution >= 4 is 31.9 Å². The van der Waals surface area contributed by atoms with Gasteiger partial charge in [0, 0.05) is 6.04 Å². The normalized spacial score (nSPS) is 18.5. The highest BCUT2D eigenvalue weighted by Gasteiger charge is 2.32. The monoisotopic (exact) mass is 298 g/mol. The van der Waals surface area contributed by atoms with Crippen molar-refractivity contribution in [1.82, 2.24) is 4.31 Å². The number of hydrogen-bond acceptors (Lipinski definition) is 3. The van der Waals surface area contributed by atoms with E-state index in [0.717, 1.165) is 25.7 Å². The summed E-state index contributed by atoms with van der Waals surface area (Å²) in [6, 6.07) is -0.0555. The third-order valence-corrected chi connectivity index (χ3v) is 5.69. The predicted molar refractivity (Wildman–Crippen MR) is 60.9 cm³/mol. The molecule has 0 unspecified atom stereocenters. The molecule has 1 aliphatic carbocycles. The first-order valence-electron chi connectivity index (χ1n) is 4.81. The molecule has 5 nitrogen and oxygen atoms in total. The molecule has 0 aromatic rings. The number of carbonyl (C=O) groups is 1. The van der Waals surface area contributed by atoms with Gasteiger partial charge in [0.25, 0.3) is 0 Å². The van der Waals surface area contributed by atoms with Gasteiger partial charge < -0.3 is 5.73 Å². The average Bonchev–Trinajstić information content (AvgIpc) is 2.66. The lowest BCUT2D eigenvalue weighted by Crippen LogP contribution is -2.44. The first-order valence-corrected chi connectivity index (χ1v) is 7.54. The van der Waals surface area contributed by atoms with Crippen LogP contribution < -0.4 is 5.73 Å². The van der Waals surface area contributed by atoms with E-state index in [9.17, 15) is 13.2 Å². The Balaban J connectivity index is 2.81. The molecular weight excluding hydrogens is 284 g/mol. The van der Waals surface area contributed by atoms with Crippen LogP contribution in [-0.2, 0) is 14.8 Å². The molecule has 0 bridgehead atoms. The number of nitrogens with two attached hydrogens (primary N) is 1. The minimum Gasteiger partial charge on any atom is -0.369 e. The number of nitrogens with zero attached hydrogens (tertiary/aromatic N) is 1. The molecule has 0 heterocycles. The Morgan fingerprint density at radius 1 is 1.40 bits per heavy atom. The van der Waals surface area contributed by atoms with Gasteiger partial charge in [-0.25, -0.2) is 8.42 Å². The summed E-state index contributed by atoms with van der Waals surface area (Å²) in [6.45, 7) is -0.210. The molecule has 1 saturated carbocycles. The van der Waals surface area contributed by atoms with Crippen LogP contribution in [0.3, 0.4) is 0 Å². The summed E-state index contributed by atoms with van der Waals surface area (Å²) in [5.41, 5.74) is 5.05. The summed E-state index contributed by atoms with van der Waals surface area (Å²) in [5, 5.41) is 0. The quantitative estimate of drug-likeness (QED) is 0.746. The van der Waals surface area contributed by atoms with Crippen molar-refractivity contribution in [2.24, 2.45) is 5.73 Å². The first kappa shape index (κ1) is 12.9. The molecule has 1 amide bonds. The highest BCUT2D eigenvalue weighted by atomic mass is 79.9. The van der Waals surface area contributed by atoms with Crippen molar-refractivity contribution in [3.8, 4) is 0 Å². The molecule has 0 saturated heterocycles. The molecule has 0 atom stereocenters. The number of amides is 1. The fourth-order valence-corrected chi connectivity index (χ4v) is 3.77. The third-order valence-electron chi connectivity index (χ3n) is 2.54. The summed E-state index contributed by atoms with van der Waals surface area (Å²) < 4.78 is 24.5. The van der Waals surface area contributed by atoms with E-state index < -0.39 is 15.9 Å². The van der Waals surface area contributed by atoms with Crippen LogP contribution in [0.5, 0.6) is 0 Å². The van der Waals surface area contributed by atoms with Crippen molar-refractivity contribution in [3.63, 3.8) is 0 Å². The van der Waals surface area contributed by atoms with E-state index in [1.165, 1.54) is 4.31 Å². The first-order chi connectivity index (χ1) is 6.97. The van der Waals surface area contributed by atoms with Crippen molar-refractivity contribution in [3.05, 3.63) is 0 Å². The van der Waals surface area contributed by atoms with Crippen LogP contribution in [0.4, 0.5) is 0 Å². The van der Waals surface area contributed by atoms with Gasteiger partial charge in [0.15, 0.2) is 0 Å². The van der Waals surface area contributed by atoms with Gasteiger partial charge in [-0.15, -0.1) is 0 Å². The zero-order valence-electron chi connectivity index (χ0n) is 8.36. The number of alkyl halides is 1. The SMILES string of the molecule is NC(=O)CN(C1CCCC1)S(=O)(=O)CBr. The Labute approximate surface area is 98.2 Å². The predicted octanol–water partition coefficient (Wildman–Crippen LogP) is 0.398. The molecule has 7 heteroatoms. The molecule has 1 fully saturated rings. The molecule has 0 radical (unpaired) electrons. The Hall–Kier alpha value is -0.140. The Morgan fingerprint density at radius 2 is 1.93 bits per heavy atom. The molecule has 88 valence electrons. The molecule has 0 spiro atoms. The van der Waals surface area contributed by atoms with Crippen LogP contribution in [0.2, 0.25) is 0 Å². The van der Waals surface area contributed by atoms with E-state index in [1.54, 1.807) is 0 Å². The molecule has 0 aromatic carbocycles. The lowest BCUT2D eigenvalue weighted by Gasteiger charge is -2.25. The highest BCUT2D eigenvalue weighted by Crippen LogP contribution is 2.25. The van der Waals surface area contributed by atoms with Crippen molar-refractivity contribution in [1.29, 1.82) is 0 Å². The summed E-state index contributed by atoms with van der Waals surface area (Å²) in [7, 11) is -3.39. The largest absolute Gasteiger partial charge is 0.369 e. The zero-order valence-corrected chi connectivity index (χ0v) is 10.8. The summed E-state index contributed by atoms with van der Waals surface area (Å²) in [6.07, 6.45) is 3.66. The third kappa shape index (κ3) is 3.42. The zero-order chi connectivity index (χ0) is 11.5. The maximum absolute atomic E-state index is 11.7. The Kier molecular flexibility index (Phi) is 4.54. The fourth-order valence-electron chi connectivity index (χ4n) is 1.86. The minimum atomic E-state index is -3.39. The number of rotatable bonds is 5. The number of sulfonamides is 1. The highest BCUT2D eigenvalue weighted by molar-refractivity contribution is 9.10. The van der Waals surface area contributed by atoms with Gasteiger partial charge in [0.05, 0.1) is 6.54 Å². The average molecular weight is 299 g/mol. The molecule has 1 rings (SSSR count). The second-order valence-corrected chi connectivity index (χ2v) is 6.90. The second-order valence-electron chi connectivity index (χ2n) is 3.67. The number of halogens is 1. The van der Waals surface area contributed by atoms with Gasteiger partial charge in [0.2, 0.25) is 15.9 Å². The molecule has 15 heavy (non-hydrogen) atoms. The lowest BCUT2D eigenvalue weighted by atomic mass is 10.2. The van der Waals surface area contributed by atoms with E-state index in [4.69, 9.17) is 5.73 Å². The minimum absolute atomic E-state index is 0.0555. The van der Waals surface area contributed by atoms with E-state index in [0.29, 0.717) is 0 Å². The van der Waals surface area contributed by atoms with E-state index in [1.807, 2.05) is 0 Å². The van der Waals surface area contributed by atoms with Crippen LogP contribution >= 0.6 is 15.9 Å². The van der Waals surface area contributed by atoms with E-state index >= 15 is 0 Å². The van der Waals surface area contributed by atoms with E-state index in [2.05, 4.69) is 15.9 Å². The maximum Gasteiger partial charge on any atom is 0.232 e.